The molecule has 2 atom stereocenters. The maximum Gasteiger partial charge on any atom is 0.251 e. The van der Waals surface area contributed by atoms with Gasteiger partial charge in [-0.1, -0.05) is 0 Å². The second-order valence-electron chi connectivity index (χ2n) is 7.42. The summed E-state index contributed by atoms with van der Waals surface area (Å²) in [6.07, 6.45) is 4.14. The number of amides is 1. The van der Waals surface area contributed by atoms with Crippen LogP contribution in [-0.2, 0) is 10.0 Å². The molecule has 8 heteroatoms. The standard InChI is InChI=1S/C18H27N3O4S/c1-11(2)21-26(23,24)17-8-12(4-7-16(17)25-3)18(22)20-15-9-13-5-6-14(10-15)19-13/h4,7-8,11,13-15,19,21H,5-6,9-10H2,1-3H3,(H,20,22). The summed E-state index contributed by atoms with van der Waals surface area (Å²) in [5, 5.41) is 6.60. The third-order valence-corrected chi connectivity index (χ3v) is 6.59. The summed E-state index contributed by atoms with van der Waals surface area (Å²) in [7, 11) is -2.35. The Balaban J connectivity index is 1.79. The van der Waals surface area contributed by atoms with Gasteiger partial charge in [-0.3, -0.25) is 4.79 Å². The topological polar surface area (TPSA) is 96.5 Å². The number of methoxy groups -OCH3 is 1. The Labute approximate surface area is 154 Å². The number of piperidine rings is 1. The van der Waals surface area contributed by atoms with Crippen LogP contribution >= 0.6 is 0 Å². The molecule has 1 amide bonds. The first kappa shape index (κ1) is 19.1. The van der Waals surface area contributed by atoms with Crippen molar-refractivity contribution in [1.82, 2.24) is 15.4 Å². The van der Waals surface area contributed by atoms with Crippen LogP contribution in [0.3, 0.4) is 0 Å². The van der Waals surface area contributed by atoms with Gasteiger partial charge in [0.15, 0.2) is 0 Å². The molecule has 2 unspecified atom stereocenters. The van der Waals surface area contributed by atoms with Crippen LogP contribution in [0.4, 0.5) is 0 Å². The summed E-state index contributed by atoms with van der Waals surface area (Å²) < 4.78 is 32.8. The molecular weight excluding hydrogens is 354 g/mol. The summed E-state index contributed by atoms with van der Waals surface area (Å²) in [4.78, 5) is 12.6. The van der Waals surface area contributed by atoms with E-state index in [0.29, 0.717) is 17.6 Å². The molecule has 0 radical (unpaired) electrons. The number of sulfonamides is 1. The first-order valence-electron chi connectivity index (χ1n) is 9.06. The van der Waals surface area contributed by atoms with Crippen LogP contribution < -0.4 is 20.1 Å². The molecule has 7 nitrogen and oxygen atoms in total. The summed E-state index contributed by atoms with van der Waals surface area (Å²) in [5.41, 5.74) is 0.320. The zero-order valence-electron chi connectivity index (χ0n) is 15.4. The van der Waals surface area contributed by atoms with Gasteiger partial charge in [0.25, 0.3) is 5.91 Å². The molecule has 0 spiro atoms. The predicted octanol–water partition coefficient (Wildman–Crippen LogP) is 1.39. The minimum Gasteiger partial charge on any atom is -0.495 e. The molecule has 2 aliphatic rings. The number of hydrogen-bond acceptors (Lipinski definition) is 5. The summed E-state index contributed by atoms with van der Waals surface area (Å²) in [6.45, 7) is 3.48. The number of carbonyl (C=O) groups excluding carboxylic acids is 1. The smallest absolute Gasteiger partial charge is 0.251 e. The predicted molar refractivity (Wildman–Crippen MR) is 98.9 cm³/mol. The van der Waals surface area contributed by atoms with E-state index in [1.165, 1.54) is 19.2 Å². The van der Waals surface area contributed by atoms with Gasteiger partial charge in [0, 0.05) is 29.7 Å². The van der Waals surface area contributed by atoms with Gasteiger partial charge in [-0.15, -0.1) is 0 Å². The molecule has 2 bridgehead atoms. The molecule has 2 heterocycles. The molecule has 0 aromatic heterocycles. The zero-order chi connectivity index (χ0) is 18.9. The fraction of sp³-hybridized carbons (Fsp3) is 0.611. The molecule has 2 aliphatic heterocycles. The molecule has 3 rings (SSSR count). The highest BCUT2D eigenvalue weighted by Crippen LogP contribution is 2.28. The first-order chi connectivity index (χ1) is 12.3. The van der Waals surface area contributed by atoms with Gasteiger partial charge in [0.2, 0.25) is 10.0 Å². The quantitative estimate of drug-likeness (QED) is 0.692. The Morgan fingerprint density at radius 3 is 2.46 bits per heavy atom. The van der Waals surface area contributed by atoms with Crippen LogP contribution in [0, 0.1) is 0 Å². The van der Waals surface area contributed by atoms with Gasteiger partial charge in [0.1, 0.15) is 10.6 Å². The van der Waals surface area contributed by atoms with Gasteiger partial charge in [-0.25, -0.2) is 13.1 Å². The fourth-order valence-electron chi connectivity index (χ4n) is 3.85. The molecule has 2 saturated heterocycles. The van der Waals surface area contributed by atoms with E-state index in [0.717, 1.165) is 25.7 Å². The number of fused-ring (bicyclic) bond motifs is 2. The van der Waals surface area contributed by atoms with Crippen LogP contribution in [0.15, 0.2) is 23.1 Å². The van der Waals surface area contributed by atoms with E-state index >= 15 is 0 Å². The monoisotopic (exact) mass is 381 g/mol. The lowest BCUT2D eigenvalue weighted by Crippen LogP contribution is -2.48. The molecule has 1 aromatic rings. The number of benzene rings is 1. The van der Waals surface area contributed by atoms with E-state index in [9.17, 15) is 13.2 Å². The SMILES string of the molecule is COc1ccc(C(=O)NC2CC3CCC(C2)N3)cc1S(=O)(=O)NC(C)C. The first-order valence-corrected chi connectivity index (χ1v) is 10.5. The summed E-state index contributed by atoms with van der Waals surface area (Å²) >= 11 is 0. The Kier molecular flexibility index (Phi) is 5.55. The van der Waals surface area contributed by atoms with Crippen molar-refractivity contribution in [2.24, 2.45) is 0 Å². The lowest BCUT2D eigenvalue weighted by Gasteiger charge is -2.29. The highest BCUT2D eigenvalue weighted by Gasteiger charge is 2.34. The van der Waals surface area contributed by atoms with E-state index in [1.807, 2.05) is 0 Å². The largest absolute Gasteiger partial charge is 0.495 e. The minimum atomic E-state index is -3.76. The van der Waals surface area contributed by atoms with Crippen molar-refractivity contribution in [2.75, 3.05) is 7.11 Å². The molecule has 26 heavy (non-hydrogen) atoms. The highest BCUT2D eigenvalue weighted by molar-refractivity contribution is 7.89. The second kappa shape index (κ2) is 7.54. The Bertz CT molecular complexity index is 767. The van der Waals surface area contributed by atoms with E-state index in [4.69, 9.17) is 4.74 Å². The fourth-order valence-corrected chi connectivity index (χ4v) is 5.29. The number of hydrogen-bond donors (Lipinski definition) is 3. The van der Waals surface area contributed by atoms with Gasteiger partial charge in [-0.05, 0) is 57.7 Å². The maximum absolute atomic E-state index is 12.7. The number of rotatable bonds is 6. The van der Waals surface area contributed by atoms with Crippen LogP contribution in [0.1, 0.15) is 49.9 Å². The van der Waals surface area contributed by atoms with E-state index in [-0.39, 0.29) is 28.6 Å². The summed E-state index contributed by atoms with van der Waals surface area (Å²) in [6, 6.07) is 5.31. The number of nitrogens with one attached hydrogen (secondary N) is 3. The third-order valence-electron chi connectivity index (χ3n) is 4.91. The highest BCUT2D eigenvalue weighted by atomic mass is 32.2. The lowest BCUT2D eigenvalue weighted by atomic mass is 9.99. The third kappa shape index (κ3) is 4.19. The van der Waals surface area contributed by atoms with E-state index in [2.05, 4.69) is 15.4 Å². The van der Waals surface area contributed by atoms with Crippen molar-refractivity contribution >= 4 is 15.9 Å². The second-order valence-corrected chi connectivity index (χ2v) is 9.10. The Morgan fingerprint density at radius 2 is 1.88 bits per heavy atom. The maximum atomic E-state index is 12.7. The molecule has 0 saturated carbocycles. The summed E-state index contributed by atoms with van der Waals surface area (Å²) in [5.74, 6) is -0.0328. The lowest BCUT2D eigenvalue weighted by molar-refractivity contribution is 0.0923. The van der Waals surface area contributed by atoms with Crippen LogP contribution in [0.5, 0.6) is 5.75 Å². The van der Waals surface area contributed by atoms with Crippen molar-refractivity contribution in [3.63, 3.8) is 0 Å². The minimum absolute atomic E-state index is 0.0215. The zero-order valence-corrected chi connectivity index (χ0v) is 16.2. The van der Waals surface area contributed by atoms with Crippen molar-refractivity contribution < 1.29 is 17.9 Å². The van der Waals surface area contributed by atoms with Crippen molar-refractivity contribution in [3.8, 4) is 5.75 Å². The average Bonchev–Trinajstić information content (AvgIpc) is 2.91. The van der Waals surface area contributed by atoms with Gasteiger partial charge in [0.05, 0.1) is 7.11 Å². The van der Waals surface area contributed by atoms with Gasteiger partial charge < -0.3 is 15.4 Å². The van der Waals surface area contributed by atoms with Crippen molar-refractivity contribution in [2.45, 2.75) is 68.6 Å². The van der Waals surface area contributed by atoms with E-state index < -0.39 is 10.0 Å². The number of ether oxygens (including phenoxy) is 1. The van der Waals surface area contributed by atoms with Gasteiger partial charge in [-0.2, -0.15) is 0 Å². The van der Waals surface area contributed by atoms with Crippen LogP contribution in [-0.4, -0.2) is 45.6 Å². The van der Waals surface area contributed by atoms with Crippen LogP contribution in [0.2, 0.25) is 0 Å². The molecular formula is C18H27N3O4S. The molecule has 0 aliphatic carbocycles. The molecule has 144 valence electrons. The van der Waals surface area contributed by atoms with E-state index in [1.54, 1.807) is 19.9 Å². The molecule has 2 fully saturated rings. The van der Waals surface area contributed by atoms with Crippen LogP contribution in [0.25, 0.3) is 0 Å². The normalized spacial score (nSPS) is 25.3. The Morgan fingerprint density at radius 1 is 1.23 bits per heavy atom. The van der Waals surface area contributed by atoms with Crippen molar-refractivity contribution in [3.05, 3.63) is 23.8 Å². The van der Waals surface area contributed by atoms with Gasteiger partial charge >= 0.3 is 0 Å². The Hall–Kier alpha value is -1.64. The average molecular weight is 381 g/mol. The number of carbonyl (C=O) groups is 1. The molecule has 1 aromatic carbocycles. The van der Waals surface area contributed by atoms with Crippen molar-refractivity contribution in [1.29, 1.82) is 0 Å². The molecule has 3 N–H and O–H groups in total.